The minimum atomic E-state index is -0.693. The number of nitrogens with zero attached hydrogens (tertiary/aromatic N) is 1. The van der Waals surface area contributed by atoms with Gasteiger partial charge in [0.05, 0.1) is 0 Å². The van der Waals surface area contributed by atoms with Gasteiger partial charge in [-0.3, -0.25) is 0 Å². The van der Waals surface area contributed by atoms with Gasteiger partial charge >= 0.3 is 95.9 Å². The molecule has 0 aromatic rings. The first-order valence-corrected chi connectivity index (χ1v) is 5.94. The van der Waals surface area contributed by atoms with Crippen LogP contribution in [0.25, 0.3) is 4.85 Å². The van der Waals surface area contributed by atoms with Gasteiger partial charge in [0.15, 0.2) is 0 Å². The Morgan fingerprint density at radius 1 is 1.64 bits per heavy atom. The Morgan fingerprint density at radius 2 is 2.21 bits per heavy atom. The van der Waals surface area contributed by atoms with Gasteiger partial charge in [-0.25, -0.2) is 0 Å². The van der Waals surface area contributed by atoms with Gasteiger partial charge in [-0.15, -0.1) is 0 Å². The number of ketones is 1. The summed E-state index contributed by atoms with van der Waals surface area (Å²) >= 11 is 1.29. The summed E-state index contributed by atoms with van der Waals surface area (Å²) in [6.45, 7) is 12.6. The van der Waals surface area contributed by atoms with Gasteiger partial charge in [0.2, 0.25) is 0 Å². The number of Topliss-reactive ketones (excluding diaryl/α,β-unsaturated/α-hetero) is 1. The quantitative estimate of drug-likeness (QED) is 0.672. The van der Waals surface area contributed by atoms with E-state index in [-0.39, 0.29) is 12.2 Å². The van der Waals surface area contributed by atoms with Crippen LogP contribution >= 0.6 is 0 Å². The molecule has 0 amide bonds. The molecule has 0 bridgehead atoms. The Balaban J connectivity index is 4.21. The fourth-order valence-corrected chi connectivity index (χ4v) is 1.21. The average Bonchev–Trinajstić information content (AvgIpc) is 2.13. The summed E-state index contributed by atoms with van der Waals surface area (Å²) in [5, 5.41) is 0. The van der Waals surface area contributed by atoms with E-state index in [1.54, 1.807) is 6.92 Å². The number of ether oxygens (including phenoxy) is 1. The Hall–Kier alpha value is -0.322. The molecule has 0 spiro atoms. The molecule has 0 aliphatic heterocycles. The van der Waals surface area contributed by atoms with Gasteiger partial charge in [0.1, 0.15) is 0 Å². The van der Waals surface area contributed by atoms with Crippen LogP contribution in [0.15, 0.2) is 0 Å². The van der Waals surface area contributed by atoms with Crippen LogP contribution in [0.4, 0.5) is 0 Å². The van der Waals surface area contributed by atoms with Gasteiger partial charge < -0.3 is 0 Å². The first-order chi connectivity index (χ1) is 6.43. The van der Waals surface area contributed by atoms with Crippen molar-refractivity contribution in [3.05, 3.63) is 11.4 Å². The molecule has 1 unspecified atom stereocenters. The maximum absolute atomic E-state index is 10.9. The SMILES string of the molecule is [C-]#[N+]C(C)(CO[C](=[W])CC)CC(C)=O. The standard InChI is InChI=1S/C10H15NO2.W/c1-5-6-13-8-10(3,11-4)7-9(2)12;/h5,7-8H2,1-3H3;. The zero-order valence-electron chi connectivity index (χ0n) is 8.79. The summed E-state index contributed by atoms with van der Waals surface area (Å²) in [5.41, 5.74) is -0.693. The molecule has 0 saturated heterocycles. The Labute approximate surface area is 96.1 Å². The molecule has 0 aliphatic rings. The Kier molecular flexibility index (Phi) is 6.07. The number of rotatable bonds is 6. The number of carbonyl (C=O) groups excluding carboxylic acids is 1. The molecule has 3 nitrogen and oxygen atoms in total. The zero-order chi connectivity index (χ0) is 11.2. The van der Waals surface area contributed by atoms with Crippen molar-refractivity contribution in [2.24, 2.45) is 0 Å². The van der Waals surface area contributed by atoms with Gasteiger partial charge in [0.25, 0.3) is 0 Å². The fraction of sp³-hybridized carbons (Fsp3) is 0.700. The molecule has 0 rings (SSSR count). The summed E-state index contributed by atoms with van der Waals surface area (Å²) in [6.07, 6.45) is 1.15. The second-order valence-electron chi connectivity index (χ2n) is 3.50. The van der Waals surface area contributed by atoms with Crippen molar-refractivity contribution in [2.75, 3.05) is 6.61 Å². The van der Waals surface area contributed by atoms with E-state index in [4.69, 9.17) is 11.3 Å². The second kappa shape index (κ2) is 6.22. The molecule has 0 aromatic carbocycles. The van der Waals surface area contributed by atoms with Crippen molar-refractivity contribution < 1.29 is 28.9 Å². The Bertz CT molecular complexity index is 270. The van der Waals surface area contributed by atoms with E-state index in [0.717, 1.165) is 10.5 Å². The van der Waals surface area contributed by atoms with E-state index in [1.807, 2.05) is 6.92 Å². The second-order valence-corrected chi connectivity index (χ2v) is 5.14. The number of hydrogen-bond acceptors (Lipinski definition) is 2. The summed E-state index contributed by atoms with van der Waals surface area (Å²) in [7, 11) is 0. The molecule has 14 heavy (non-hydrogen) atoms. The summed E-state index contributed by atoms with van der Waals surface area (Å²) < 4.78 is 6.43. The van der Waals surface area contributed by atoms with Gasteiger partial charge in [-0.1, -0.05) is 0 Å². The van der Waals surface area contributed by atoms with Gasteiger partial charge in [0, 0.05) is 0 Å². The molecule has 0 aliphatic carbocycles. The molecule has 0 N–H and O–H groups in total. The third-order valence-electron chi connectivity index (χ3n) is 1.73. The van der Waals surface area contributed by atoms with Crippen LogP contribution in [-0.2, 0) is 28.9 Å². The molecular formula is C10H15NO2W. The molecule has 0 saturated carbocycles. The van der Waals surface area contributed by atoms with E-state index < -0.39 is 5.54 Å². The van der Waals surface area contributed by atoms with Crippen LogP contribution in [0.5, 0.6) is 0 Å². The number of hydrogen-bond donors (Lipinski definition) is 0. The van der Waals surface area contributed by atoms with Crippen LogP contribution in [0.1, 0.15) is 33.6 Å². The van der Waals surface area contributed by atoms with Crippen LogP contribution in [-0.4, -0.2) is 22.0 Å². The summed E-state index contributed by atoms with van der Waals surface area (Å²) in [5.74, 6) is 0.0357. The Morgan fingerprint density at radius 3 is 2.57 bits per heavy atom. The van der Waals surface area contributed by atoms with Crippen LogP contribution in [0, 0.1) is 6.57 Å². The van der Waals surface area contributed by atoms with Crippen LogP contribution < -0.4 is 0 Å². The van der Waals surface area contributed by atoms with Crippen molar-refractivity contribution in [2.45, 2.75) is 39.2 Å². The molecule has 0 heterocycles. The molecule has 78 valence electrons. The third-order valence-corrected chi connectivity index (χ3v) is 3.19. The van der Waals surface area contributed by atoms with Gasteiger partial charge in [-0.2, -0.15) is 0 Å². The van der Waals surface area contributed by atoms with E-state index in [9.17, 15) is 4.79 Å². The summed E-state index contributed by atoms with van der Waals surface area (Å²) in [4.78, 5) is 14.4. The molecule has 0 radical (unpaired) electrons. The van der Waals surface area contributed by atoms with Crippen LogP contribution in [0.2, 0.25) is 0 Å². The summed E-state index contributed by atoms with van der Waals surface area (Å²) in [6, 6.07) is 0. The fourth-order valence-electron chi connectivity index (χ4n) is 0.997. The monoisotopic (exact) mass is 365 g/mol. The van der Waals surface area contributed by atoms with E-state index in [1.165, 1.54) is 26.3 Å². The van der Waals surface area contributed by atoms with Crippen LogP contribution in [0.3, 0.4) is 0 Å². The average molecular weight is 365 g/mol. The molecule has 4 heteroatoms. The molecule has 1 atom stereocenters. The van der Waals surface area contributed by atoms with E-state index in [0.29, 0.717) is 6.61 Å². The predicted molar refractivity (Wildman–Crippen MR) is 51.6 cm³/mol. The zero-order valence-corrected chi connectivity index (χ0v) is 11.7. The van der Waals surface area contributed by atoms with Crippen molar-refractivity contribution in [1.82, 2.24) is 0 Å². The van der Waals surface area contributed by atoms with Crippen molar-refractivity contribution in [3.8, 4) is 0 Å². The van der Waals surface area contributed by atoms with Crippen molar-refractivity contribution in [1.29, 1.82) is 0 Å². The predicted octanol–water partition coefficient (Wildman–Crippen LogP) is 1.75. The van der Waals surface area contributed by atoms with Crippen molar-refractivity contribution in [3.63, 3.8) is 0 Å². The first kappa shape index (κ1) is 13.7. The first-order valence-electron chi connectivity index (χ1n) is 4.47. The molecular weight excluding hydrogens is 350 g/mol. The van der Waals surface area contributed by atoms with Gasteiger partial charge in [-0.05, 0) is 0 Å². The molecule has 0 fully saturated rings. The normalized spacial score (nSPS) is 14.1. The topological polar surface area (TPSA) is 30.7 Å². The number of carbonyl (C=O) groups is 1. The molecule has 0 aromatic heterocycles. The van der Waals surface area contributed by atoms with E-state index >= 15 is 0 Å². The maximum atomic E-state index is 10.9. The van der Waals surface area contributed by atoms with E-state index in [2.05, 4.69) is 4.85 Å². The van der Waals surface area contributed by atoms with Crippen molar-refractivity contribution >= 4 is 9.87 Å². The third kappa shape index (κ3) is 5.42. The minimum absolute atomic E-state index is 0.0357.